The van der Waals surface area contributed by atoms with E-state index >= 15 is 0 Å². The van der Waals surface area contributed by atoms with Crippen molar-refractivity contribution in [3.8, 4) is 0 Å². The minimum atomic E-state index is -1.30. The number of carbonyl (C=O) groups is 1. The van der Waals surface area contributed by atoms with Gasteiger partial charge in [0.25, 0.3) is 5.91 Å². The van der Waals surface area contributed by atoms with Crippen molar-refractivity contribution in [3.63, 3.8) is 0 Å². The molecular weight excluding hydrogens is 253 g/mol. The van der Waals surface area contributed by atoms with Crippen LogP contribution < -0.4 is 0 Å². The number of amides is 1. The molecule has 0 aromatic heterocycles. The Bertz CT molecular complexity index is 498. The molecule has 0 unspecified atom stereocenters. The van der Waals surface area contributed by atoms with Crippen molar-refractivity contribution in [1.82, 2.24) is 4.90 Å². The van der Waals surface area contributed by atoms with Gasteiger partial charge in [0.2, 0.25) is 0 Å². The number of rotatable bonds is 3. The Kier molecular flexibility index (Phi) is 4.26. The van der Waals surface area contributed by atoms with E-state index in [-0.39, 0.29) is 5.91 Å². The van der Waals surface area contributed by atoms with Gasteiger partial charge in [0.1, 0.15) is 5.67 Å². The Balaban J connectivity index is 2.02. The van der Waals surface area contributed by atoms with E-state index in [0.717, 1.165) is 6.42 Å². The zero-order valence-electron chi connectivity index (χ0n) is 12.3. The SMILES string of the molecule is C=C(C)C1(F)CCN(C(=O)c2ccc(CC)cc2)CC1. The molecule has 0 aliphatic carbocycles. The molecular formula is C17H22FNO. The van der Waals surface area contributed by atoms with Gasteiger partial charge in [-0.15, -0.1) is 0 Å². The zero-order valence-corrected chi connectivity index (χ0v) is 12.3. The highest BCUT2D eigenvalue weighted by Gasteiger charge is 2.36. The summed E-state index contributed by atoms with van der Waals surface area (Å²) in [5.41, 5.74) is 1.16. The quantitative estimate of drug-likeness (QED) is 0.769. The maximum atomic E-state index is 14.4. The van der Waals surface area contributed by atoms with Crippen molar-refractivity contribution in [2.45, 2.75) is 38.8 Å². The maximum Gasteiger partial charge on any atom is 0.253 e. The lowest BCUT2D eigenvalue weighted by atomic mass is 9.87. The molecule has 1 aliphatic rings. The van der Waals surface area contributed by atoms with Crippen molar-refractivity contribution in [1.29, 1.82) is 0 Å². The first-order valence-corrected chi connectivity index (χ1v) is 7.19. The number of aryl methyl sites for hydroxylation is 1. The van der Waals surface area contributed by atoms with Crippen LogP contribution in [0.4, 0.5) is 4.39 Å². The monoisotopic (exact) mass is 275 g/mol. The highest BCUT2D eigenvalue weighted by atomic mass is 19.1. The molecule has 0 bridgehead atoms. The molecule has 1 aromatic rings. The summed E-state index contributed by atoms with van der Waals surface area (Å²) in [7, 11) is 0. The molecule has 0 atom stereocenters. The van der Waals surface area contributed by atoms with Gasteiger partial charge in [0.05, 0.1) is 0 Å². The topological polar surface area (TPSA) is 20.3 Å². The third kappa shape index (κ3) is 2.92. The molecule has 1 aliphatic heterocycles. The fraction of sp³-hybridized carbons (Fsp3) is 0.471. The molecule has 0 radical (unpaired) electrons. The van der Waals surface area contributed by atoms with Gasteiger partial charge in [-0.1, -0.05) is 25.6 Å². The molecule has 0 N–H and O–H groups in total. The third-order valence-corrected chi connectivity index (χ3v) is 4.22. The van der Waals surface area contributed by atoms with E-state index in [1.165, 1.54) is 5.56 Å². The molecule has 3 heteroatoms. The van der Waals surface area contributed by atoms with E-state index in [9.17, 15) is 9.18 Å². The summed E-state index contributed by atoms with van der Waals surface area (Å²) < 4.78 is 14.4. The van der Waals surface area contributed by atoms with Crippen molar-refractivity contribution >= 4 is 5.91 Å². The first kappa shape index (κ1) is 14.8. The second kappa shape index (κ2) is 5.78. The average molecular weight is 275 g/mol. The van der Waals surface area contributed by atoms with E-state index in [4.69, 9.17) is 0 Å². The molecule has 108 valence electrons. The van der Waals surface area contributed by atoms with E-state index in [1.54, 1.807) is 11.8 Å². The number of benzene rings is 1. The Hall–Kier alpha value is -1.64. The van der Waals surface area contributed by atoms with Crippen LogP contribution in [-0.2, 0) is 6.42 Å². The van der Waals surface area contributed by atoms with Crippen LogP contribution >= 0.6 is 0 Å². The van der Waals surface area contributed by atoms with E-state index in [0.29, 0.717) is 37.1 Å². The minimum Gasteiger partial charge on any atom is -0.338 e. The molecule has 1 fully saturated rings. The largest absolute Gasteiger partial charge is 0.338 e. The molecule has 1 saturated heterocycles. The lowest BCUT2D eigenvalue weighted by molar-refractivity contribution is 0.0550. The maximum absolute atomic E-state index is 14.4. The second-order valence-corrected chi connectivity index (χ2v) is 5.59. The predicted molar refractivity (Wildman–Crippen MR) is 79.6 cm³/mol. The lowest BCUT2D eigenvalue weighted by Crippen LogP contribution is -2.45. The summed E-state index contributed by atoms with van der Waals surface area (Å²) in [5, 5.41) is 0. The van der Waals surface area contributed by atoms with Crippen molar-refractivity contribution in [3.05, 3.63) is 47.5 Å². The normalized spacial score (nSPS) is 17.9. The van der Waals surface area contributed by atoms with Crippen molar-refractivity contribution in [2.75, 3.05) is 13.1 Å². The smallest absolute Gasteiger partial charge is 0.253 e. The molecule has 20 heavy (non-hydrogen) atoms. The zero-order chi connectivity index (χ0) is 14.8. The van der Waals surface area contributed by atoms with E-state index in [1.807, 2.05) is 24.3 Å². The lowest BCUT2D eigenvalue weighted by Gasteiger charge is -2.36. The van der Waals surface area contributed by atoms with Crippen LogP contribution in [-0.4, -0.2) is 29.6 Å². The molecule has 1 heterocycles. The fourth-order valence-corrected chi connectivity index (χ4v) is 2.56. The number of nitrogens with zero attached hydrogens (tertiary/aromatic N) is 1. The van der Waals surface area contributed by atoms with E-state index in [2.05, 4.69) is 13.5 Å². The Morgan fingerprint density at radius 1 is 1.30 bits per heavy atom. The number of likely N-dealkylation sites (tertiary alicyclic amines) is 1. The average Bonchev–Trinajstić information content (AvgIpc) is 2.47. The third-order valence-electron chi connectivity index (χ3n) is 4.22. The van der Waals surface area contributed by atoms with Gasteiger partial charge in [0.15, 0.2) is 0 Å². The molecule has 1 amide bonds. The van der Waals surface area contributed by atoms with Gasteiger partial charge >= 0.3 is 0 Å². The first-order chi connectivity index (χ1) is 9.46. The summed E-state index contributed by atoms with van der Waals surface area (Å²) in [6.45, 7) is 8.44. The minimum absolute atomic E-state index is 0.00332. The predicted octanol–water partition coefficient (Wildman–Crippen LogP) is 3.77. The van der Waals surface area contributed by atoms with Crippen LogP contribution in [0.5, 0.6) is 0 Å². The van der Waals surface area contributed by atoms with Gasteiger partial charge in [0, 0.05) is 31.5 Å². The number of alkyl halides is 1. The van der Waals surface area contributed by atoms with Crippen molar-refractivity contribution in [2.24, 2.45) is 0 Å². The number of hydrogen-bond acceptors (Lipinski definition) is 1. The summed E-state index contributed by atoms with van der Waals surface area (Å²) in [6.07, 6.45) is 1.66. The van der Waals surface area contributed by atoms with Gasteiger partial charge < -0.3 is 4.90 Å². The fourth-order valence-electron chi connectivity index (χ4n) is 2.56. The highest BCUT2D eigenvalue weighted by Crippen LogP contribution is 2.33. The number of piperidine rings is 1. The molecule has 1 aromatic carbocycles. The van der Waals surface area contributed by atoms with Gasteiger partial charge in [-0.05, 0) is 36.6 Å². The second-order valence-electron chi connectivity index (χ2n) is 5.59. The van der Waals surface area contributed by atoms with Crippen LogP contribution in [0.15, 0.2) is 36.4 Å². The van der Waals surface area contributed by atoms with E-state index < -0.39 is 5.67 Å². The Labute approximate surface area is 120 Å². The molecule has 2 rings (SSSR count). The first-order valence-electron chi connectivity index (χ1n) is 7.19. The van der Waals surface area contributed by atoms with Crippen molar-refractivity contribution < 1.29 is 9.18 Å². The van der Waals surface area contributed by atoms with Gasteiger partial charge in [-0.3, -0.25) is 4.79 Å². The molecule has 0 saturated carbocycles. The molecule has 2 nitrogen and oxygen atoms in total. The number of carbonyl (C=O) groups excluding carboxylic acids is 1. The van der Waals surface area contributed by atoms with Crippen LogP contribution in [0.1, 0.15) is 42.6 Å². The standard InChI is InChI=1S/C17H22FNO/c1-4-14-5-7-15(8-6-14)16(20)19-11-9-17(18,10-12-19)13(2)3/h5-8H,2,4,9-12H2,1,3H3. The van der Waals surface area contributed by atoms with Gasteiger partial charge in [-0.2, -0.15) is 0 Å². The van der Waals surface area contributed by atoms with Gasteiger partial charge in [-0.25, -0.2) is 4.39 Å². The number of hydrogen-bond donors (Lipinski definition) is 0. The number of halogens is 1. The summed E-state index contributed by atoms with van der Waals surface area (Å²) in [6, 6.07) is 7.67. The van der Waals surface area contributed by atoms with Crippen LogP contribution in [0, 0.1) is 0 Å². The summed E-state index contributed by atoms with van der Waals surface area (Å²) in [5.74, 6) is -0.00332. The van der Waals surface area contributed by atoms with Crippen LogP contribution in [0.25, 0.3) is 0 Å². The highest BCUT2D eigenvalue weighted by molar-refractivity contribution is 5.94. The van der Waals surface area contributed by atoms with Crippen LogP contribution in [0.3, 0.4) is 0 Å². The summed E-state index contributed by atoms with van der Waals surface area (Å²) in [4.78, 5) is 14.1. The number of allylic oxidation sites excluding steroid dienone is 1. The Morgan fingerprint density at radius 3 is 2.30 bits per heavy atom. The molecule has 0 spiro atoms. The Morgan fingerprint density at radius 2 is 1.85 bits per heavy atom. The van der Waals surface area contributed by atoms with Crippen LogP contribution in [0.2, 0.25) is 0 Å². The summed E-state index contributed by atoms with van der Waals surface area (Å²) >= 11 is 0.